The van der Waals surface area contributed by atoms with E-state index in [9.17, 15) is 13.2 Å². The average Bonchev–Trinajstić information content (AvgIpc) is 3.22. The van der Waals surface area contributed by atoms with Gasteiger partial charge in [0, 0.05) is 10.6 Å². The van der Waals surface area contributed by atoms with Crippen molar-refractivity contribution in [2.75, 3.05) is 10.0 Å². The van der Waals surface area contributed by atoms with E-state index in [1.54, 1.807) is 24.3 Å². The van der Waals surface area contributed by atoms with Gasteiger partial charge < -0.3 is 0 Å². The maximum Gasteiger partial charge on any atom is 0.261 e. The van der Waals surface area contributed by atoms with Crippen molar-refractivity contribution >= 4 is 61.3 Å². The second kappa shape index (κ2) is 9.48. The van der Waals surface area contributed by atoms with Crippen LogP contribution in [0.5, 0.6) is 0 Å². The molecular formula is C22H16Cl2N4O3S2. The topological polar surface area (TPSA) is 101 Å². The van der Waals surface area contributed by atoms with Crippen molar-refractivity contribution in [3.05, 3.63) is 87.9 Å². The van der Waals surface area contributed by atoms with E-state index in [0.717, 1.165) is 11.1 Å². The molecule has 0 saturated heterocycles. The Balaban J connectivity index is 1.47. The van der Waals surface area contributed by atoms with Crippen LogP contribution in [0.4, 0.5) is 10.8 Å². The van der Waals surface area contributed by atoms with Crippen molar-refractivity contribution in [3.8, 4) is 10.6 Å². The number of nitrogens with one attached hydrogen (secondary N) is 2. The molecule has 11 heteroatoms. The quantitative estimate of drug-likeness (QED) is 0.332. The molecule has 0 bridgehead atoms. The van der Waals surface area contributed by atoms with Gasteiger partial charge in [0.05, 0.1) is 21.2 Å². The van der Waals surface area contributed by atoms with Crippen LogP contribution in [0, 0.1) is 6.92 Å². The molecule has 1 heterocycles. The first-order valence-corrected chi connectivity index (χ1v) is 12.6. The number of carbonyl (C=O) groups excluding carboxylic acids is 1. The van der Waals surface area contributed by atoms with E-state index >= 15 is 0 Å². The van der Waals surface area contributed by atoms with Gasteiger partial charge in [-0.2, -0.15) is 0 Å². The summed E-state index contributed by atoms with van der Waals surface area (Å²) in [7, 11) is -3.79. The standard InChI is InChI=1S/C22H16Cl2N4O3S2/c1-13-2-9-17(10-3-13)33(30,31)28-16-8-11-18(19(24)12-16)20(29)25-22-27-26-21(32-22)14-4-6-15(23)7-5-14/h2-12,28H,1H3,(H,25,27,29). The molecule has 1 amide bonds. The van der Waals surface area contributed by atoms with Gasteiger partial charge in [0.2, 0.25) is 5.13 Å². The molecule has 3 aromatic carbocycles. The fourth-order valence-electron chi connectivity index (χ4n) is 2.84. The van der Waals surface area contributed by atoms with Crippen LogP contribution in [0.2, 0.25) is 10.0 Å². The number of rotatable bonds is 6. The minimum Gasteiger partial charge on any atom is -0.296 e. The largest absolute Gasteiger partial charge is 0.296 e. The number of aromatic nitrogens is 2. The number of carbonyl (C=O) groups is 1. The second-order valence-electron chi connectivity index (χ2n) is 6.99. The summed E-state index contributed by atoms with van der Waals surface area (Å²) in [5.74, 6) is -0.494. The summed E-state index contributed by atoms with van der Waals surface area (Å²) in [6.07, 6.45) is 0. The summed E-state index contributed by atoms with van der Waals surface area (Å²) in [5, 5.41) is 12.3. The lowest BCUT2D eigenvalue weighted by Gasteiger charge is -2.10. The Bertz CT molecular complexity index is 1420. The van der Waals surface area contributed by atoms with Gasteiger partial charge in [0.1, 0.15) is 5.01 Å². The van der Waals surface area contributed by atoms with Crippen molar-refractivity contribution in [2.45, 2.75) is 11.8 Å². The normalized spacial score (nSPS) is 11.2. The number of anilines is 2. The molecule has 0 atom stereocenters. The summed E-state index contributed by atoms with van der Waals surface area (Å²) in [6, 6.07) is 17.8. The summed E-state index contributed by atoms with van der Waals surface area (Å²) < 4.78 is 27.6. The van der Waals surface area contributed by atoms with Crippen LogP contribution >= 0.6 is 34.5 Å². The Labute approximate surface area is 204 Å². The molecule has 0 unspecified atom stereocenters. The van der Waals surface area contributed by atoms with E-state index in [1.165, 1.54) is 41.7 Å². The van der Waals surface area contributed by atoms with Gasteiger partial charge >= 0.3 is 0 Å². The first-order valence-electron chi connectivity index (χ1n) is 9.51. The molecule has 2 N–H and O–H groups in total. The zero-order valence-electron chi connectivity index (χ0n) is 17.0. The van der Waals surface area contributed by atoms with Crippen molar-refractivity contribution in [1.29, 1.82) is 0 Å². The van der Waals surface area contributed by atoms with Gasteiger partial charge in [0.25, 0.3) is 15.9 Å². The third kappa shape index (κ3) is 5.51. The molecular weight excluding hydrogens is 503 g/mol. The van der Waals surface area contributed by atoms with Crippen molar-refractivity contribution in [1.82, 2.24) is 10.2 Å². The Morgan fingerprint density at radius 1 is 0.939 bits per heavy atom. The van der Waals surface area contributed by atoms with Gasteiger partial charge in [-0.1, -0.05) is 64.4 Å². The first kappa shape index (κ1) is 23.2. The smallest absolute Gasteiger partial charge is 0.261 e. The van der Waals surface area contributed by atoms with Crippen LogP contribution < -0.4 is 10.0 Å². The zero-order valence-corrected chi connectivity index (χ0v) is 20.2. The molecule has 0 aliphatic heterocycles. The third-order valence-corrected chi connectivity index (χ3v) is 7.38. The molecule has 7 nitrogen and oxygen atoms in total. The lowest BCUT2D eigenvalue weighted by Crippen LogP contribution is -2.14. The summed E-state index contributed by atoms with van der Waals surface area (Å²) in [6.45, 7) is 1.87. The Kier molecular flexibility index (Phi) is 6.66. The molecule has 4 rings (SSSR count). The molecule has 0 spiro atoms. The van der Waals surface area contributed by atoms with Crippen LogP contribution in [0.1, 0.15) is 15.9 Å². The number of sulfonamides is 1. The van der Waals surface area contributed by atoms with Gasteiger partial charge in [-0.3, -0.25) is 14.8 Å². The summed E-state index contributed by atoms with van der Waals surface area (Å²) in [4.78, 5) is 12.8. The molecule has 1 aromatic heterocycles. The van der Waals surface area contributed by atoms with Crippen LogP contribution in [-0.2, 0) is 10.0 Å². The van der Waals surface area contributed by atoms with Gasteiger partial charge in [-0.15, -0.1) is 10.2 Å². The number of hydrogen-bond acceptors (Lipinski definition) is 6. The van der Waals surface area contributed by atoms with Gasteiger partial charge in [-0.25, -0.2) is 8.42 Å². The summed E-state index contributed by atoms with van der Waals surface area (Å²) in [5.41, 5.74) is 2.17. The highest BCUT2D eigenvalue weighted by molar-refractivity contribution is 7.92. The monoisotopic (exact) mass is 518 g/mol. The highest BCUT2D eigenvalue weighted by Gasteiger charge is 2.17. The van der Waals surface area contributed by atoms with E-state index in [-0.39, 0.29) is 21.2 Å². The van der Waals surface area contributed by atoms with Crippen LogP contribution in [0.3, 0.4) is 0 Å². The molecule has 4 aromatic rings. The van der Waals surface area contributed by atoms with Crippen LogP contribution in [0.15, 0.2) is 71.6 Å². The fraction of sp³-hybridized carbons (Fsp3) is 0.0455. The van der Waals surface area contributed by atoms with E-state index in [4.69, 9.17) is 23.2 Å². The molecule has 0 saturated carbocycles. The molecule has 0 radical (unpaired) electrons. The van der Waals surface area contributed by atoms with E-state index in [0.29, 0.717) is 15.2 Å². The van der Waals surface area contributed by atoms with Gasteiger partial charge in [-0.05, 0) is 49.4 Å². The maximum atomic E-state index is 12.7. The maximum absolute atomic E-state index is 12.7. The molecule has 33 heavy (non-hydrogen) atoms. The molecule has 168 valence electrons. The highest BCUT2D eigenvalue weighted by atomic mass is 35.5. The van der Waals surface area contributed by atoms with Gasteiger partial charge in [0.15, 0.2) is 0 Å². The minimum atomic E-state index is -3.79. The minimum absolute atomic E-state index is 0.0825. The number of benzene rings is 3. The Morgan fingerprint density at radius 2 is 1.64 bits per heavy atom. The SMILES string of the molecule is Cc1ccc(S(=O)(=O)Nc2ccc(C(=O)Nc3nnc(-c4ccc(Cl)cc4)s3)c(Cl)c2)cc1. The van der Waals surface area contributed by atoms with Crippen molar-refractivity contribution < 1.29 is 13.2 Å². The molecule has 0 fully saturated rings. The lowest BCUT2D eigenvalue weighted by molar-refractivity contribution is 0.102. The fourth-order valence-corrected chi connectivity index (χ4v) is 5.03. The highest BCUT2D eigenvalue weighted by Crippen LogP contribution is 2.29. The number of nitrogens with zero attached hydrogens (tertiary/aromatic N) is 2. The van der Waals surface area contributed by atoms with Crippen LogP contribution in [0.25, 0.3) is 10.6 Å². The Morgan fingerprint density at radius 3 is 2.30 bits per heavy atom. The third-order valence-electron chi connectivity index (χ3n) is 4.53. The molecule has 0 aliphatic rings. The lowest BCUT2D eigenvalue weighted by atomic mass is 10.2. The molecule has 0 aliphatic carbocycles. The average molecular weight is 519 g/mol. The van der Waals surface area contributed by atoms with E-state index in [1.807, 2.05) is 19.1 Å². The van der Waals surface area contributed by atoms with E-state index in [2.05, 4.69) is 20.2 Å². The Hall–Kier alpha value is -2.98. The predicted octanol–water partition coefficient (Wildman–Crippen LogP) is 5.87. The number of hydrogen-bond donors (Lipinski definition) is 2. The van der Waals surface area contributed by atoms with E-state index < -0.39 is 15.9 Å². The predicted molar refractivity (Wildman–Crippen MR) is 132 cm³/mol. The van der Waals surface area contributed by atoms with Crippen LogP contribution in [-0.4, -0.2) is 24.5 Å². The van der Waals surface area contributed by atoms with Crippen molar-refractivity contribution in [3.63, 3.8) is 0 Å². The zero-order chi connectivity index (χ0) is 23.6. The van der Waals surface area contributed by atoms with Crippen molar-refractivity contribution in [2.24, 2.45) is 0 Å². The first-order chi connectivity index (χ1) is 15.7. The number of amides is 1. The summed E-state index contributed by atoms with van der Waals surface area (Å²) >= 11 is 13.4. The second-order valence-corrected chi connectivity index (χ2v) is 10.5. The number of halogens is 2. The number of aryl methyl sites for hydroxylation is 1.